The highest BCUT2D eigenvalue weighted by Crippen LogP contribution is 2.41. The maximum absolute atomic E-state index is 13.2. The van der Waals surface area contributed by atoms with Gasteiger partial charge in [0.1, 0.15) is 5.76 Å². The van der Waals surface area contributed by atoms with Crippen LogP contribution >= 0.6 is 0 Å². The molecule has 1 aliphatic heterocycles. The van der Waals surface area contributed by atoms with Crippen LogP contribution in [0.1, 0.15) is 44.4 Å². The highest BCUT2D eigenvalue weighted by Gasteiger charge is 2.46. The lowest BCUT2D eigenvalue weighted by Gasteiger charge is -2.28. The fraction of sp³-hybridized carbons (Fsp3) is 0.407. The molecule has 0 spiro atoms. The zero-order valence-corrected chi connectivity index (χ0v) is 20.4. The van der Waals surface area contributed by atoms with E-state index in [1.54, 1.807) is 48.4 Å². The number of hydrogen-bond acceptors (Lipinski definition) is 6. The molecule has 0 radical (unpaired) electrons. The molecule has 0 bridgehead atoms. The number of hydrogen-bond donors (Lipinski definition) is 1. The molecule has 1 N–H and O–H groups in total. The molecular formula is C27H34N2O5. The number of ketones is 1. The normalized spacial score (nSPS) is 17.4. The van der Waals surface area contributed by atoms with Crippen LogP contribution in [0.25, 0.3) is 5.76 Å². The zero-order valence-electron chi connectivity index (χ0n) is 20.4. The summed E-state index contributed by atoms with van der Waals surface area (Å²) in [6.45, 7) is 9.35. The lowest BCUT2D eigenvalue weighted by atomic mass is 9.95. The number of aliphatic hydroxyl groups excluding tert-OH is 1. The first-order chi connectivity index (χ1) is 16.5. The molecule has 1 heterocycles. The third-order valence-corrected chi connectivity index (χ3v) is 6.10. The number of benzene rings is 2. The predicted octanol–water partition coefficient (Wildman–Crippen LogP) is 4.25. The maximum atomic E-state index is 13.2. The van der Waals surface area contributed by atoms with Crippen molar-refractivity contribution >= 4 is 17.4 Å². The molecule has 3 rings (SSSR count). The Kier molecular flexibility index (Phi) is 8.71. The molecule has 182 valence electrons. The predicted molar refractivity (Wildman–Crippen MR) is 132 cm³/mol. The second-order valence-electron chi connectivity index (χ2n) is 8.14. The van der Waals surface area contributed by atoms with Crippen molar-refractivity contribution in [2.75, 3.05) is 39.9 Å². The van der Waals surface area contributed by atoms with E-state index in [4.69, 9.17) is 9.47 Å². The molecule has 1 amide bonds. The first-order valence-electron chi connectivity index (χ1n) is 11.8. The second-order valence-corrected chi connectivity index (χ2v) is 8.14. The summed E-state index contributed by atoms with van der Waals surface area (Å²) in [7, 11) is 1.55. The van der Waals surface area contributed by atoms with Gasteiger partial charge in [-0.05, 0) is 37.2 Å². The van der Waals surface area contributed by atoms with Crippen molar-refractivity contribution in [1.82, 2.24) is 9.80 Å². The summed E-state index contributed by atoms with van der Waals surface area (Å²) in [5, 5.41) is 11.1. The van der Waals surface area contributed by atoms with Crippen molar-refractivity contribution in [3.05, 3.63) is 65.2 Å². The Bertz CT molecular complexity index is 1030. The molecule has 1 aliphatic rings. The van der Waals surface area contributed by atoms with Crippen LogP contribution in [-0.4, -0.2) is 66.5 Å². The van der Waals surface area contributed by atoms with Crippen molar-refractivity contribution in [2.45, 2.75) is 33.2 Å². The Morgan fingerprint density at radius 2 is 1.74 bits per heavy atom. The largest absolute Gasteiger partial charge is 0.507 e. The second kappa shape index (κ2) is 11.7. The van der Waals surface area contributed by atoms with Crippen molar-refractivity contribution in [1.29, 1.82) is 0 Å². The van der Waals surface area contributed by atoms with Gasteiger partial charge in [0.25, 0.3) is 11.7 Å². The minimum atomic E-state index is -0.732. The standard InChI is InChI=1S/C27H34N2O5/c1-5-17-34-21-14-13-20(18-22(21)33-4)24-23(25(30)19-11-9-8-10-12-19)26(31)27(32)29(24)16-15-28(6-2)7-3/h8-14,18,24,30H,5-7,15-17H2,1-4H3/t24-/m1/s1. The number of amides is 1. The van der Waals surface area contributed by atoms with Crippen LogP contribution in [0.5, 0.6) is 11.5 Å². The number of aliphatic hydroxyl groups is 1. The molecule has 7 heteroatoms. The summed E-state index contributed by atoms with van der Waals surface area (Å²) in [5.41, 5.74) is 1.25. The molecular weight excluding hydrogens is 432 g/mol. The van der Waals surface area contributed by atoms with Crippen molar-refractivity contribution in [3.8, 4) is 11.5 Å². The minimum absolute atomic E-state index is 0.0834. The monoisotopic (exact) mass is 466 g/mol. The summed E-state index contributed by atoms with van der Waals surface area (Å²) in [5.74, 6) is -0.369. The summed E-state index contributed by atoms with van der Waals surface area (Å²) in [4.78, 5) is 30.1. The van der Waals surface area contributed by atoms with Gasteiger partial charge in [0.15, 0.2) is 11.5 Å². The van der Waals surface area contributed by atoms with Crippen LogP contribution in [0.4, 0.5) is 0 Å². The zero-order chi connectivity index (χ0) is 24.7. The molecule has 0 saturated carbocycles. The number of likely N-dealkylation sites (tertiary alicyclic amines) is 1. The number of methoxy groups -OCH3 is 1. The van der Waals surface area contributed by atoms with Gasteiger partial charge in [-0.2, -0.15) is 0 Å². The molecule has 0 unspecified atom stereocenters. The van der Waals surface area contributed by atoms with Crippen LogP contribution in [0.15, 0.2) is 54.1 Å². The molecule has 2 aromatic carbocycles. The lowest BCUT2D eigenvalue weighted by Crippen LogP contribution is -2.38. The van der Waals surface area contributed by atoms with Gasteiger partial charge >= 0.3 is 0 Å². The molecule has 0 aliphatic carbocycles. The minimum Gasteiger partial charge on any atom is -0.507 e. The van der Waals surface area contributed by atoms with Gasteiger partial charge in [-0.25, -0.2) is 0 Å². The van der Waals surface area contributed by atoms with E-state index in [-0.39, 0.29) is 11.3 Å². The first kappa shape index (κ1) is 25.3. The Labute approximate surface area is 201 Å². The van der Waals surface area contributed by atoms with E-state index in [1.807, 2.05) is 19.1 Å². The first-order valence-corrected chi connectivity index (χ1v) is 11.8. The quantitative estimate of drug-likeness (QED) is 0.303. The van der Waals surface area contributed by atoms with Crippen molar-refractivity contribution in [3.63, 3.8) is 0 Å². The molecule has 0 aromatic heterocycles. The van der Waals surface area contributed by atoms with Crippen molar-refractivity contribution in [2.24, 2.45) is 0 Å². The molecule has 1 fully saturated rings. The average molecular weight is 467 g/mol. The van der Waals surface area contributed by atoms with Crippen LogP contribution in [0.2, 0.25) is 0 Å². The van der Waals surface area contributed by atoms with Crippen LogP contribution < -0.4 is 9.47 Å². The topological polar surface area (TPSA) is 79.3 Å². The summed E-state index contributed by atoms with van der Waals surface area (Å²) >= 11 is 0. The Morgan fingerprint density at radius 1 is 1.03 bits per heavy atom. The maximum Gasteiger partial charge on any atom is 0.295 e. The highest BCUT2D eigenvalue weighted by molar-refractivity contribution is 6.46. The van der Waals surface area contributed by atoms with Gasteiger partial charge < -0.3 is 24.4 Å². The van der Waals surface area contributed by atoms with E-state index < -0.39 is 17.7 Å². The smallest absolute Gasteiger partial charge is 0.295 e. The number of Topliss-reactive ketones (excluding diaryl/α,β-unsaturated/α-hetero) is 1. The van der Waals surface area contributed by atoms with Crippen LogP contribution in [0.3, 0.4) is 0 Å². The molecule has 34 heavy (non-hydrogen) atoms. The van der Waals surface area contributed by atoms with Crippen LogP contribution in [-0.2, 0) is 9.59 Å². The lowest BCUT2D eigenvalue weighted by molar-refractivity contribution is -0.140. The summed E-state index contributed by atoms with van der Waals surface area (Å²) in [6.07, 6.45) is 0.855. The number of nitrogens with zero attached hydrogens (tertiary/aromatic N) is 2. The Hall–Kier alpha value is -3.32. The van der Waals surface area contributed by atoms with E-state index in [1.165, 1.54) is 0 Å². The number of carbonyl (C=O) groups excluding carboxylic acids is 2. The molecule has 1 saturated heterocycles. The van der Waals surface area contributed by atoms with Crippen LogP contribution in [0, 0.1) is 0 Å². The van der Waals surface area contributed by atoms with Gasteiger partial charge in [-0.1, -0.05) is 57.2 Å². The number of ether oxygens (including phenoxy) is 2. The third kappa shape index (κ3) is 5.25. The average Bonchev–Trinajstić information content (AvgIpc) is 3.13. The molecule has 7 nitrogen and oxygen atoms in total. The molecule has 2 aromatic rings. The van der Waals surface area contributed by atoms with E-state index in [0.29, 0.717) is 42.3 Å². The van der Waals surface area contributed by atoms with Gasteiger partial charge in [-0.15, -0.1) is 0 Å². The van der Waals surface area contributed by atoms with Gasteiger partial charge in [-0.3, -0.25) is 9.59 Å². The summed E-state index contributed by atoms with van der Waals surface area (Å²) in [6, 6.07) is 13.5. The number of rotatable bonds is 11. The number of likely N-dealkylation sites (N-methyl/N-ethyl adjacent to an activating group) is 1. The fourth-order valence-corrected chi connectivity index (χ4v) is 4.18. The highest BCUT2D eigenvalue weighted by atomic mass is 16.5. The molecule has 1 atom stereocenters. The number of carbonyl (C=O) groups is 2. The third-order valence-electron chi connectivity index (χ3n) is 6.10. The van der Waals surface area contributed by atoms with Gasteiger partial charge in [0.2, 0.25) is 0 Å². The summed E-state index contributed by atoms with van der Waals surface area (Å²) < 4.78 is 11.3. The van der Waals surface area contributed by atoms with E-state index >= 15 is 0 Å². The van der Waals surface area contributed by atoms with Gasteiger partial charge in [0, 0.05) is 18.7 Å². The van der Waals surface area contributed by atoms with E-state index in [0.717, 1.165) is 19.5 Å². The van der Waals surface area contributed by atoms with E-state index in [2.05, 4.69) is 18.7 Å². The SMILES string of the molecule is CCCOc1ccc([C@@H]2C(=C(O)c3ccccc3)C(=O)C(=O)N2CCN(CC)CC)cc1OC. The van der Waals surface area contributed by atoms with Crippen molar-refractivity contribution < 1.29 is 24.2 Å². The Morgan fingerprint density at radius 3 is 2.35 bits per heavy atom. The fourth-order valence-electron chi connectivity index (χ4n) is 4.18. The Balaban J connectivity index is 2.11. The van der Waals surface area contributed by atoms with Gasteiger partial charge in [0.05, 0.1) is 25.3 Å². The van der Waals surface area contributed by atoms with E-state index in [9.17, 15) is 14.7 Å².